The number of aliphatic hydroxyl groups excluding tert-OH is 1. The molecule has 0 bridgehead atoms. The maximum absolute atomic E-state index is 13.1. The van der Waals surface area contributed by atoms with Gasteiger partial charge < -0.3 is 10.4 Å². The highest BCUT2D eigenvalue weighted by molar-refractivity contribution is 5.77. The zero-order chi connectivity index (χ0) is 24.2. The number of aromatic nitrogens is 2. The first-order valence-corrected chi connectivity index (χ1v) is 10.3. The van der Waals surface area contributed by atoms with Gasteiger partial charge in [-0.2, -0.15) is 13.2 Å². The van der Waals surface area contributed by atoms with Crippen LogP contribution in [0.25, 0.3) is 11.4 Å². The molecule has 0 saturated heterocycles. The monoisotopic (exact) mass is 459 g/mol. The fourth-order valence-electron chi connectivity index (χ4n) is 3.53. The Morgan fingerprint density at radius 3 is 2.33 bits per heavy atom. The van der Waals surface area contributed by atoms with Gasteiger partial charge in [0.1, 0.15) is 12.4 Å². The number of hydrogen-bond donors (Lipinski definition) is 2. The molecule has 9 heteroatoms. The Morgan fingerprint density at radius 2 is 1.76 bits per heavy atom. The molecule has 0 fully saturated rings. The van der Waals surface area contributed by atoms with Gasteiger partial charge in [0.25, 0.3) is 5.56 Å². The normalized spacial score (nSPS) is 12.4. The zero-order valence-electron chi connectivity index (χ0n) is 18.2. The molecule has 1 atom stereocenters. The molecule has 0 radical (unpaired) electrons. The van der Waals surface area contributed by atoms with Crippen molar-refractivity contribution in [2.24, 2.45) is 0 Å². The number of nitrogens with zero attached hydrogens (tertiary/aromatic N) is 2. The minimum absolute atomic E-state index is 0.0486. The number of amides is 1. The molecule has 6 nitrogen and oxygen atoms in total. The van der Waals surface area contributed by atoms with Gasteiger partial charge >= 0.3 is 6.18 Å². The Kier molecular flexibility index (Phi) is 7.33. The van der Waals surface area contributed by atoms with E-state index in [4.69, 9.17) is 0 Å². The highest BCUT2D eigenvalue weighted by Crippen LogP contribution is 2.30. The van der Waals surface area contributed by atoms with Crippen molar-refractivity contribution in [3.05, 3.63) is 87.3 Å². The van der Waals surface area contributed by atoms with Crippen LogP contribution in [0.5, 0.6) is 0 Å². The summed E-state index contributed by atoms with van der Waals surface area (Å²) in [6.45, 7) is 2.73. The predicted molar refractivity (Wildman–Crippen MR) is 117 cm³/mol. The number of carbonyl (C=O) groups is 1. The fourth-order valence-corrected chi connectivity index (χ4v) is 3.53. The van der Waals surface area contributed by atoms with Gasteiger partial charge in [-0.1, -0.05) is 42.5 Å². The minimum Gasteiger partial charge on any atom is -0.396 e. The lowest BCUT2D eigenvalue weighted by atomic mass is 10.1. The molecule has 1 aromatic heterocycles. The summed E-state index contributed by atoms with van der Waals surface area (Å²) >= 11 is 0. The number of aliphatic hydroxyl groups is 1. The number of halogens is 3. The molecular formula is C24H24F3N3O3. The standard InChI is InChI=1S/C24H24F3N3O3/c1-15(17-6-4-3-5-7-17)28-21(32)14-30-22(29-16(2)20(12-13-31)23(30)33)18-8-10-19(11-9-18)24(25,26)27/h3-11,15,31H,12-14H2,1-2H3,(H,28,32)/t15-/m1/s1. The van der Waals surface area contributed by atoms with E-state index >= 15 is 0 Å². The van der Waals surface area contributed by atoms with Crippen LogP contribution in [0.15, 0.2) is 59.4 Å². The van der Waals surface area contributed by atoms with Crippen LogP contribution in [0.4, 0.5) is 13.2 Å². The maximum Gasteiger partial charge on any atom is 0.416 e. The largest absolute Gasteiger partial charge is 0.416 e. The van der Waals surface area contributed by atoms with E-state index in [2.05, 4.69) is 10.3 Å². The van der Waals surface area contributed by atoms with Crippen molar-refractivity contribution in [3.63, 3.8) is 0 Å². The Morgan fingerprint density at radius 1 is 1.12 bits per heavy atom. The summed E-state index contributed by atoms with van der Waals surface area (Å²) in [7, 11) is 0. The lowest BCUT2D eigenvalue weighted by Gasteiger charge is -2.18. The van der Waals surface area contributed by atoms with Crippen molar-refractivity contribution in [3.8, 4) is 11.4 Å². The van der Waals surface area contributed by atoms with Gasteiger partial charge in [0.05, 0.1) is 11.6 Å². The Balaban J connectivity index is 1.98. The summed E-state index contributed by atoms with van der Waals surface area (Å²) in [5.41, 5.74) is 0.388. The van der Waals surface area contributed by atoms with Crippen LogP contribution in [0.3, 0.4) is 0 Å². The second kappa shape index (κ2) is 9.99. The molecule has 0 aliphatic carbocycles. The van der Waals surface area contributed by atoms with E-state index in [9.17, 15) is 27.9 Å². The molecule has 174 valence electrons. The van der Waals surface area contributed by atoms with Gasteiger partial charge in [-0.15, -0.1) is 0 Å². The summed E-state index contributed by atoms with van der Waals surface area (Å²) in [5, 5.41) is 12.1. The Hall–Kier alpha value is -3.46. The topological polar surface area (TPSA) is 84.2 Å². The van der Waals surface area contributed by atoms with Gasteiger partial charge in [-0.05, 0) is 31.5 Å². The average Bonchev–Trinajstić information content (AvgIpc) is 2.78. The van der Waals surface area contributed by atoms with Crippen LogP contribution in [0, 0.1) is 6.92 Å². The average molecular weight is 459 g/mol. The second-order valence-electron chi connectivity index (χ2n) is 7.64. The molecule has 2 N–H and O–H groups in total. The molecule has 0 aliphatic rings. The summed E-state index contributed by atoms with van der Waals surface area (Å²) < 4.78 is 40.0. The highest BCUT2D eigenvalue weighted by Gasteiger charge is 2.30. The number of benzene rings is 2. The van der Waals surface area contributed by atoms with Crippen LogP contribution in [0.1, 0.15) is 35.3 Å². The smallest absolute Gasteiger partial charge is 0.396 e. The summed E-state index contributed by atoms with van der Waals surface area (Å²) in [6.07, 6.45) is -4.45. The molecule has 3 rings (SSSR count). The van der Waals surface area contributed by atoms with Crippen molar-refractivity contribution in [1.29, 1.82) is 0 Å². The Bertz CT molecular complexity index is 1170. The summed E-state index contributed by atoms with van der Waals surface area (Å²) in [4.78, 5) is 30.3. The number of alkyl halides is 3. The van der Waals surface area contributed by atoms with E-state index < -0.39 is 23.2 Å². The molecule has 0 saturated carbocycles. The SMILES string of the molecule is Cc1nc(-c2ccc(C(F)(F)F)cc2)n(CC(=O)N[C@H](C)c2ccccc2)c(=O)c1CCO. The molecule has 1 heterocycles. The third-order valence-corrected chi connectivity index (χ3v) is 5.28. The molecule has 2 aromatic carbocycles. The van der Waals surface area contributed by atoms with Crippen molar-refractivity contribution in [1.82, 2.24) is 14.9 Å². The first-order valence-electron chi connectivity index (χ1n) is 10.3. The lowest BCUT2D eigenvalue weighted by molar-refractivity contribution is -0.137. The van der Waals surface area contributed by atoms with Crippen LogP contribution in [-0.4, -0.2) is 27.2 Å². The maximum atomic E-state index is 13.1. The second-order valence-corrected chi connectivity index (χ2v) is 7.64. The first kappa shape index (κ1) is 24.2. The van der Waals surface area contributed by atoms with E-state index in [0.717, 1.165) is 22.3 Å². The van der Waals surface area contributed by atoms with E-state index in [0.29, 0.717) is 5.69 Å². The highest BCUT2D eigenvalue weighted by atomic mass is 19.4. The molecular weight excluding hydrogens is 435 g/mol. The van der Waals surface area contributed by atoms with Gasteiger partial charge in [0.2, 0.25) is 5.91 Å². The molecule has 0 aliphatic heterocycles. The quantitative estimate of drug-likeness (QED) is 0.565. The van der Waals surface area contributed by atoms with Crippen molar-refractivity contribution < 1.29 is 23.1 Å². The minimum atomic E-state index is -4.50. The van der Waals surface area contributed by atoms with E-state index in [1.807, 2.05) is 30.3 Å². The molecule has 33 heavy (non-hydrogen) atoms. The van der Waals surface area contributed by atoms with Gasteiger partial charge in [-0.25, -0.2) is 4.98 Å². The number of nitrogens with one attached hydrogen (secondary N) is 1. The van der Waals surface area contributed by atoms with Crippen molar-refractivity contribution in [2.45, 2.75) is 39.0 Å². The lowest BCUT2D eigenvalue weighted by Crippen LogP contribution is -2.36. The summed E-state index contributed by atoms with van der Waals surface area (Å²) in [5.74, 6) is -0.377. The predicted octanol–water partition coefficient (Wildman–Crippen LogP) is 3.65. The fraction of sp³-hybridized carbons (Fsp3) is 0.292. The van der Waals surface area contributed by atoms with Crippen molar-refractivity contribution >= 4 is 5.91 Å². The van der Waals surface area contributed by atoms with Crippen LogP contribution in [0.2, 0.25) is 0 Å². The molecule has 0 spiro atoms. The number of hydrogen-bond acceptors (Lipinski definition) is 4. The van der Waals surface area contributed by atoms with Gasteiger partial charge in [0, 0.05) is 29.8 Å². The van der Waals surface area contributed by atoms with E-state index in [-0.39, 0.29) is 42.6 Å². The number of carbonyl (C=O) groups excluding carboxylic acids is 1. The van der Waals surface area contributed by atoms with Crippen LogP contribution < -0.4 is 10.9 Å². The van der Waals surface area contributed by atoms with Gasteiger partial charge in [0.15, 0.2) is 0 Å². The zero-order valence-corrected chi connectivity index (χ0v) is 18.2. The van der Waals surface area contributed by atoms with Gasteiger partial charge in [-0.3, -0.25) is 14.2 Å². The third kappa shape index (κ3) is 5.67. The molecule has 3 aromatic rings. The van der Waals surface area contributed by atoms with Crippen LogP contribution in [-0.2, 0) is 23.9 Å². The number of aryl methyl sites for hydroxylation is 1. The molecule has 0 unspecified atom stereocenters. The Labute approximate surface area is 188 Å². The molecule has 1 amide bonds. The number of rotatable bonds is 7. The van der Waals surface area contributed by atoms with E-state index in [1.54, 1.807) is 13.8 Å². The van der Waals surface area contributed by atoms with Crippen molar-refractivity contribution in [2.75, 3.05) is 6.61 Å². The first-order chi connectivity index (χ1) is 15.6. The summed E-state index contributed by atoms with van der Waals surface area (Å²) in [6, 6.07) is 13.2. The van der Waals surface area contributed by atoms with E-state index in [1.165, 1.54) is 12.1 Å². The third-order valence-electron chi connectivity index (χ3n) is 5.28. The van der Waals surface area contributed by atoms with Crippen LogP contribution >= 0.6 is 0 Å².